The van der Waals surface area contributed by atoms with Gasteiger partial charge in [0.15, 0.2) is 0 Å². The first-order valence-electron chi connectivity index (χ1n) is 5.86. The lowest BCUT2D eigenvalue weighted by Gasteiger charge is -2.28. The first kappa shape index (κ1) is 12.7. The van der Waals surface area contributed by atoms with E-state index in [4.69, 9.17) is 0 Å². The second-order valence-electron chi connectivity index (χ2n) is 5.22. The third-order valence-electron chi connectivity index (χ3n) is 3.17. The lowest BCUT2D eigenvalue weighted by atomic mass is 10.0. The summed E-state index contributed by atoms with van der Waals surface area (Å²) in [6.07, 6.45) is 3.99. The van der Waals surface area contributed by atoms with E-state index in [-0.39, 0.29) is 11.7 Å². The Morgan fingerprint density at radius 3 is 2.40 bits per heavy atom. The van der Waals surface area contributed by atoms with E-state index in [1.807, 2.05) is 25.8 Å². The molecule has 1 rings (SSSR count). The highest BCUT2D eigenvalue weighted by Gasteiger charge is 2.32. The number of hydrogen-bond donors (Lipinski definition) is 1. The molecule has 0 aromatic rings. The van der Waals surface area contributed by atoms with Crippen LogP contribution >= 0.6 is 0 Å². The summed E-state index contributed by atoms with van der Waals surface area (Å²) >= 11 is 0. The van der Waals surface area contributed by atoms with Crippen molar-refractivity contribution in [3.8, 4) is 0 Å². The molecule has 0 radical (unpaired) electrons. The molecule has 3 heteroatoms. The Hall–Kier alpha value is -0.410. The number of nitrogens with zero attached hydrogens (tertiary/aromatic N) is 1. The van der Waals surface area contributed by atoms with Crippen LogP contribution in [0.5, 0.6) is 0 Å². The van der Waals surface area contributed by atoms with Crippen LogP contribution in [0, 0.1) is 5.92 Å². The molecule has 15 heavy (non-hydrogen) atoms. The zero-order valence-electron chi connectivity index (χ0n) is 10.1. The quantitative estimate of drug-likeness (QED) is 0.751. The van der Waals surface area contributed by atoms with Crippen molar-refractivity contribution in [2.24, 2.45) is 5.92 Å². The molecule has 1 N–H and O–H groups in total. The minimum Gasteiger partial charge on any atom is -0.389 e. The van der Waals surface area contributed by atoms with Gasteiger partial charge in [-0.25, -0.2) is 0 Å². The van der Waals surface area contributed by atoms with Crippen molar-refractivity contribution in [1.29, 1.82) is 0 Å². The second kappa shape index (κ2) is 5.08. The average molecular weight is 213 g/mol. The Balaban J connectivity index is 2.35. The average Bonchev–Trinajstić information content (AvgIpc) is 2.50. The van der Waals surface area contributed by atoms with Crippen molar-refractivity contribution in [2.45, 2.75) is 45.1 Å². The number of aliphatic hydroxyl groups is 1. The molecule has 0 saturated heterocycles. The number of likely N-dealkylation sites (N-methyl/N-ethyl adjacent to an activating group) is 1. The van der Waals surface area contributed by atoms with Crippen LogP contribution in [0.2, 0.25) is 0 Å². The Bertz CT molecular complexity index is 220. The van der Waals surface area contributed by atoms with Gasteiger partial charge in [-0.2, -0.15) is 0 Å². The third kappa shape index (κ3) is 3.92. The lowest BCUT2D eigenvalue weighted by molar-refractivity contribution is -0.123. The topological polar surface area (TPSA) is 40.5 Å². The molecule has 0 aliphatic heterocycles. The largest absolute Gasteiger partial charge is 0.389 e. The molecule has 0 aromatic heterocycles. The van der Waals surface area contributed by atoms with E-state index in [0.29, 0.717) is 13.1 Å². The lowest BCUT2D eigenvalue weighted by Crippen LogP contribution is -2.41. The van der Waals surface area contributed by atoms with Gasteiger partial charge in [0.1, 0.15) is 5.78 Å². The molecule has 0 bridgehead atoms. The normalized spacial score (nSPS) is 20.1. The Morgan fingerprint density at radius 2 is 1.93 bits per heavy atom. The van der Waals surface area contributed by atoms with Crippen molar-refractivity contribution in [1.82, 2.24) is 4.90 Å². The van der Waals surface area contributed by atoms with Gasteiger partial charge in [-0.05, 0) is 19.9 Å². The van der Waals surface area contributed by atoms with Gasteiger partial charge in [0, 0.05) is 12.5 Å². The molecule has 1 aliphatic rings. The maximum Gasteiger partial charge on any atom is 0.149 e. The molecule has 1 saturated carbocycles. The molecule has 0 amide bonds. The highest BCUT2D eigenvalue weighted by molar-refractivity contribution is 5.82. The van der Waals surface area contributed by atoms with E-state index in [1.165, 1.54) is 0 Å². The van der Waals surface area contributed by atoms with Crippen LogP contribution in [0.15, 0.2) is 0 Å². The fourth-order valence-electron chi connectivity index (χ4n) is 2.20. The molecule has 88 valence electrons. The van der Waals surface area contributed by atoms with E-state index < -0.39 is 5.60 Å². The fourth-order valence-corrected chi connectivity index (χ4v) is 2.20. The molecule has 1 fully saturated rings. The zero-order valence-corrected chi connectivity index (χ0v) is 10.1. The second-order valence-corrected chi connectivity index (χ2v) is 5.22. The summed E-state index contributed by atoms with van der Waals surface area (Å²) in [5.41, 5.74) is -0.536. The van der Waals surface area contributed by atoms with Gasteiger partial charge in [0.2, 0.25) is 0 Å². The molecule has 0 aromatic carbocycles. The van der Waals surface area contributed by atoms with Crippen LogP contribution in [0.4, 0.5) is 0 Å². The fraction of sp³-hybridized carbons (Fsp3) is 0.917. The highest BCUT2D eigenvalue weighted by atomic mass is 16.3. The monoisotopic (exact) mass is 213 g/mol. The molecule has 0 atom stereocenters. The number of rotatable bonds is 5. The van der Waals surface area contributed by atoms with Gasteiger partial charge in [0.05, 0.1) is 12.1 Å². The molecule has 3 nitrogen and oxygen atoms in total. The van der Waals surface area contributed by atoms with E-state index in [0.717, 1.165) is 25.7 Å². The van der Waals surface area contributed by atoms with Crippen LogP contribution in [-0.4, -0.2) is 41.5 Å². The Labute approximate surface area is 92.5 Å². The molecular formula is C12H23NO2. The van der Waals surface area contributed by atoms with E-state index in [1.54, 1.807) is 0 Å². The van der Waals surface area contributed by atoms with Crippen LogP contribution in [0.1, 0.15) is 39.5 Å². The summed E-state index contributed by atoms with van der Waals surface area (Å²) in [7, 11) is 1.91. The maximum atomic E-state index is 11.5. The first-order valence-corrected chi connectivity index (χ1v) is 5.86. The maximum absolute atomic E-state index is 11.5. The summed E-state index contributed by atoms with van der Waals surface area (Å²) in [4.78, 5) is 13.5. The van der Waals surface area contributed by atoms with Gasteiger partial charge in [-0.1, -0.05) is 26.7 Å². The predicted octanol–water partition coefficient (Wildman–Crippen LogP) is 1.45. The van der Waals surface area contributed by atoms with Crippen molar-refractivity contribution >= 4 is 5.78 Å². The number of carbonyl (C=O) groups is 1. The number of ketones is 1. The van der Waals surface area contributed by atoms with Crippen LogP contribution in [0.25, 0.3) is 0 Å². The zero-order chi connectivity index (χ0) is 11.5. The van der Waals surface area contributed by atoms with Gasteiger partial charge in [-0.15, -0.1) is 0 Å². The van der Waals surface area contributed by atoms with Crippen molar-refractivity contribution in [3.05, 3.63) is 0 Å². The smallest absolute Gasteiger partial charge is 0.149 e. The molecule has 0 spiro atoms. The number of carbonyl (C=O) groups excluding carboxylic acids is 1. The summed E-state index contributed by atoms with van der Waals surface area (Å²) in [5.74, 6) is 0.338. The number of hydrogen-bond acceptors (Lipinski definition) is 3. The predicted molar refractivity (Wildman–Crippen MR) is 60.8 cm³/mol. The van der Waals surface area contributed by atoms with Crippen molar-refractivity contribution < 1.29 is 9.90 Å². The van der Waals surface area contributed by atoms with Gasteiger partial charge in [-0.3, -0.25) is 9.69 Å². The minimum atomic E-state index is -0.536. The summed E-state index contributed by atoms with van der Waals surface area (Å²) < 4.78 is 0. The van der Waals surface area contributed by atoms with E-state index in [2.05, 4.69) is 0 Å². The number of Topliss-reactive ketones (excluding diaryl/α,β-unsaturated/α-hetero) is 1. The summed E-state index contributed by atoms with van der Waals surface area (Å²) in [6.45, 7) is 4.92. The first-order chi connectivity index (χ1) is 6.93. The van der Waals surface area contributed by atoms with E-state index in [9.17, 15) is 9.90 Å². The van der Waals surface area contributed by atoms with Gasteiger partial charge < -0.3 is 5.11 Å². The summed E-state index contributed by atoms with van der Waals surface area (Å²) in [5, 5.41) is 10.2. The molecule has 1 aliphatic carbocycles. The Kier molecular flexibility index (Phi) is 4.29. The van der Waals surface area contributed by atoms with Crippen LogP contribution in [0.3, 0.4) is 0 Å². The standard InChI is InChI=1S/C12H23NO2/c1-10(2)11(14)8-13(3)9-12(15)6-4-5-7-12/h10,15H,4-9H2,1-3H3. The van der Waals surface area contributed by atoms with Gasteiger partial charge in [0.25, 0.3) is 0 Å². The molecular weight excluding hydrogens is 190 g/mol. The van der Waals surface area contributed by atoms with Crippen molar-refractivity contribution in [3.63, 3.8) is 0 Å². The molecule has 0 unspecified atom stereocenters. The molecule has 0 heterocycles. The van der Waals surface area contributed by atoms with Crippen molar-refractivity contribution in [2.75, 3.05) is 20.1 Å². The van der Waals surface area contributed by atoms with Crippen LogP contribution < -0.4 is 0 Å². The highest BCUT2D eigenvalue weighted by Crippen LogP contribution is 2.29. The van der Waals surface area contributed by atoms with Crippen LogP contribution in [-0.2, 0) is 4.79 Å². The third-order valence-corrected chi connectivity index (χ3v) is 3.17. The minimum absolute atomic E-state index is 0.0886. The SMILES string of the molecule is CC(C)C(=O)CN(C)CC1(O)CCCC1. The van der Waals surface area contributed by atoms with E-state index >= 15 is 0 Å². The Morgan fingerprint density at radius 1 is 1.40 bits per heavy atom. The van der Waals surface area contributed by atoms with Gasteiger partial charge >= 0.3 is 0 Å². The summed E-state index contributed by atoms with van der Waals surface area (Å²) in [6, 6.07) is 0.